The number of carbonyl (C=O) groups is 1. The van der Waals surface area contributed by atoms with E-state index in [1.165, 1.54) is 7.11 Å². The van der Waals surface area contributed by atoms with Crippen molar-refractivity contribution in [1.82, 2.24) is 0 Å². The third-order valence-electron chi connectivity index (χ3n) is 5.10. The zero-order valence-electron chi connectivity index (χ0n) is 17.0. The fourth-order valence-corrected chi connectivity index (χ4v) is 4.09. The number of carbonyl (C=O) groups excluding carboxylic acids is 1. The molecule has 1 atom stereocenters. The maximum atomic E-state index is 12.8. The molecule has 6 heteroatoms. The van der Waals surface area contributed by atoms with Crippen LogP contribution in [0.5, 0.6) is 5.75 Å². The van der Waals surface area contributed by atoms with Crippen molar-refractivity contribution >= 4 is 28.7 Å². The van der Waals surface area contributed by atoms with Crippen LogP contribution in [0.4, 0.5) is 0 Å². The monoisotopic (exact) mass is 413 g/mol. The number of aliphatic hydroxyl groups is 1. The normalized spacial score (nSPS) is 17.1. The van der Waals surface area contributed by atoms with Gasteiger partial charge in [0.2, 0.25) is 0 Å². The van der Waals surface area contributed by atoms with Crippen LogP contribution in [0, 0.1) is 12.8 Å². The summed E-state index contributed by atoms with van der Waals surface area (Å²) >= 11 is 6.35. The first-order valence-electron chi connectivity index (χ1n) is 9.34. The first-order valence-corrected chi connectivity index (χ1v) is 9.72. The largest absolute Gasteiger partial charge is 0.511 e. The van der Waals surface area contributed by atoms with Gasteiger partial charge in [-0.3, -0.25) is 4.79 Å². The molecule has 1 N–H and O–H groups in total. The fourth-order valence-electron chi connectivity index (χ4n) is 3.84. The molecule has 1 aliphatic carbocycles. The zero-order valence-corrected chi connectivity index (χ0v) is 17.7. The summed E-state index contributed by atoms with van der Waals surface area (Å²) in [4.78, 5) is 17.6. The first kappa shape index (κ1) is 20.9. The second-order valence-corrected chi connectivity index (χ2v) is 7.56. The summed E-state index contributed by atoms with van der Waals surface area (Å²) in [7, 11) is 3.03. The number of hydrogen-bond acceptors (Lipinski definition) is 5. The molecule has 0 saturated heterocycles. The van der Waals surface area contributed by atoms with E-state index in [4.69, 9.17) is 21.2 Å². The van der Waals surface area contributed by atoms with Gasteiger partial charge < -0.3 is 14.7 Å². The van der Waals surface area contributed by atoms with Crippen molar-refractivity contribution in [1.29, 1.82) is 0 Å². The molecule has 2 aromatic carbocycles. The van der Waals surface area contributed by atoms with Crippen molar-refractivity contribution in [3.8, 4) is 16.9 Å². The summed E-state index contributed by atoms with van der Waals surface area (Å²) in [6.07, 6.45) is 0.681. The molecule has 3 rings (SSSR count). The van der Waals surface area contributed by atoms with Gasteiger partial charge in [0, 0.05) is 28.5 Å². The van der Waals surface area contributed by atoms with Crippen molar-refractivity contribution in [3.05, 3.63) is 58.3 Å². The molecule has 0 aliphatic heterocycles. The van der Waals surface area contributed by atoms with E-state index in [1.54, 1.807) is 7.11 Å². The van der Waals surface area contributed by atoms with Crippen molar-refractivity contribution in [2.45, 2.75) is 26.7 Å². The summed E-state index contributed by atoms with van der Waals surface area (Å²) in [6, 6.07) is 11.4. The molecule has 2 aromatic rings. The van der Waals surface area contributed by atoms with E-state index in [9.17, 15) is 9.90 Å². The lowest BCUT2D eigenvalue weighted by atomic mass is 9.93. The van der Waals surface area contributed by atoms with Crippen LogP contribution in [-0.4, -0.2) is 30.8 Å². The maximum absolute atomic E-state index is 12.8. The Hall–Kier alpha value is -2.79. The lowest BCUT2D eigenvalue weighted by Gasteiger charge is -2.16. The second kappa shape index (κ2) is 8.70. The molecule has 0 bridgehead atoms. The fraction of sp³-hybridized carbons (Fsp3) is 0.304. The predicted octanol–water partition coefficient (Wildman–Crippen LogP) is 5.59. The predicted molar refractivity (Wildman–Crippen MR) is 116 cm³/mol. The minimum atomic E-state index is -0.316. The number of hydrogen-bond donors (Lipinski definition) is 1. The number of nitrogens with zero attached hydrogens (tertiary/aromatic N) is 1. The highest BCUT2D eigenvalue weighted by atomic mass is 35.5. The SMILES string of the molecule is CON=C(C)CC1CC(=O)C(c2c(C)cc(-c3ccccc3Cl)cc2OC)=C1O. The highest BCUT2D eigenvalue weighted by Crippen LogP contribution is 2.43. The third kappa shape index (κ3) is 4.15. The van der Waals surface area contributed by atoms with Crippen LogP contribution in [0.25, 0.3) is 16.7 Å². The Morgan fingerprint density at radius 2 is 2.00 bits per heavy atom. The Morgan fingerprint density at radius 3 is 2.66 bits per heavy atom. The molecule has 0 amide bonds. The molecule has 0 radical (unpaired) electrons. The number of methoxy groups -OCH3 is 1. The van der Waals surface area contributed by atoms with E-state index in [0.29, 0.717) is 28.3 Å². The quantitative estimate of drug-likeness (QED) is 0.494. The Balaban J connectivity index is 2.08. The number of halogens is 1. The minimum absolute atomic E-state index is 0.0764. The smallest absolute Gasteiger partial charge is 0.167 e. The molecule has 1 aliphatic rings. The molecule has 0 saturated carbocycles. The third-order valence-corrected chi connectivity index (χ3v) is 5.43. The number of rotatable bonds is 6. The van der Waals surface area contributed by atoms with Crippen LogP contribution < -0.4 is 4.74 Å². The zero-order chi connectivity index (χ0) is 21.1. The van der Waals surface area contributed by atoms with Crippen molar-refractivity contribution in [2.24, 2.45) is 11.1 Å². The topological polar surface area (TPSA) is 68.1 Å². The highest BCUT2D eigenvalue weighted by molar-refractivity contribution is 6.33. The van der Waals surface area contributed by atoms with E-state index < -0.39 is 0 Å². The van der Waals surface area contributed by atoms with Gasteiger partial charge in [-0.25, -0.2) is 0 Å². The summed E-state index contributed by atoms with van der Waals surface area (Å²) in [5, 5.41) is 15.4. The van der Waals surface area contributed by atoms with Gasteiger partial charge >= 0.3 is 0 Å². The van der Waals surface area contributed by atoms with Crippen LogP contribution in [0.15, 0.2) is 47.3 Å². The average molecular weight is 414 g/mol. The van der Waals surface area contributed by atoms with E-state index in [-0.39, 0.29) is 23.9 Å². The lowest BCUT2D eigenvalue weighted by Crippen LogP contribution is -2.06. The molecular weight excluding hydrogens is 390 g/mol. The van der Waals surface area contributed by atoms with E-state index in [2.05, 4.69) is 5.16 Å². The summed E-state index contributed by atoms with van der Waals surface area (Å²) in [5.74, 6) is 0.179. The maximum Gasteiger partial charge on any atom is 0.167 e. The van der Waals surface area contributed by atoms with Crippen molar-refractivity contribution < 1.29 is 19.5 Å². The average Bonchev–Trinajstić information content (AvgIpc) is 2.95. The number of ketones is 1. The molecule has 1 unspecified atom stereocenters. The van der Waals surface area contributed by atoms with E-state index in [0.717, 1.165) is 22.4 Å². The summed E-state index contributed by atoms with van der Waals surface area (Å²) in [5.41, 5.74) is 4.25. The van der Waals surface area contributed by atoms with Crippen LogP contribution in [0.1, 0.15) is 30.9 Å². The lowest BCUT2D eigenvalue weighted by molar-refractivity contribution is -0.113. The Kier molecular flexibility index (Phi) is 6.28. The van der Waals surface area contributed by atoms with Gasteiger partial charge in [-0.2, -0.15) is 0 Å². The van der Waals surface area contributed by atoms with Crippen molar-refractivity contribution in [3.63, 3.8) is 0 Å². The highest BCUT2D eigenvalue weighted by Gasteiger charge is 2.35. The van der Waals surface area contributed by atoms with Gasteiger partial charge in [0.15, 0.2) is 5.78 Å². The molecular formula is C23H24ClNO4. The van der Waals surface area contributed by atoms with Crippen LogP contribution >= 0.6 is 11.6 Å². The minimum Gasteiger partial charge on any atom is -0.511 e. The number of aliphatic hydroxyl groups excluding tert-OH is 1. The molecule has 29 heavy (non-hydrogen) atoms. The Morgan fingerprint density at radius 1 is 1.28 bits per heavy atom. The second-order valence-electron chi connectivity index (χ2n) is 7.15. The van der Waals surface area contributed by atoms with E-state index in [1.807, 2.05) is 50.2 Å². The van der Waals surface area contributed by atoms with Gasteiger partial charge in [-0.1, -0.05) is 41.0 Å². The number of benzene rings is 2. The van der Waals surface area contributed by atoms with Crippen LogP contribution in [-0.2, 0) is 9.63 Å². The standard InChI is InChI=1S/C23H24ClNO4/c1-13-9-15(17-7-5-6-8-18(17)24)12-20(28-3)21(13)22-19(26)11-16(23(22)27)10-14(2)25-29-4/h5-9,12,16,27H,10-11H2,1-4H3. The number of oxime groups is 1. The van der Waals surface area contributed by atoms with E-state index >= 15 is 0 Å². The number of Topliss-reactive ketones (excluding diaryl/α,β-unsaturated/α-hetero) is 1. The van der Waals surface area contributed by atoms with Crippen LogP contribution in [0.3, 0.4) is 0 Å². The molecule has 5 nitrogen and oxygen atoms in total. The van der Waals surface area contributed by atoms with Gasteiger partial charge in [-0.05, 0) is 43.5 Å². The first-order chi connectivity index (χ1) is 13.9. The van der Waals surface area contributed by atoms with Gasteiger partial charge in [0.05, 0.1) is 18.4 Å². The number of ether oxygens (including phenoxy) is 1. The number of allylic oxidation sites excluding steroid dienone is 2. The molecule has 0 aromatic heterocycles. The molecule has 0 heterocycles. The molecule has 152 valence electrons. The molecule has 0 fully saturated rings. The summed E-state index contributed by atoms with van der Waals surface area (Å²) in [6.45, 7) is 3.71. The van der Waals surface area contributed by atoms with Crippen LogP contribution in [0.2, 0.25) is 5.02 Å². The van der Waals surface area contributed by atoms with Gasteiger partial charge in [0.25, 0.3) is 0 Å². The Labute approximate surface area is 175 Å². The number of aryl methyl sites for hydroxylation is 1. The summed E-state index contributed by atoms with van der Waals surface area (Å²) < 4.78 is 5.61. The van der Waals surface area contributed by atoms with Crippen molar-refractivity contribution in [2.75, 3.05) is 14.2 Å². The Bertz CT molecular complexity index is 1010. The van der Waals surface area contributed by atoms with Gasteiger partial charge in [-0.15, -0.1) is 0 Å². The van der Waals surface area contributed by atoms with Gasteiger partial charge in [0.1, 0.15) is 18.6 Å². The molecule has 0 spiro atoms.